The Hall–Kier alpha value is -4.20. The number of urea groups is 1. The summed E-state index contributed by atoms with van der Waals surface area (Å²) in [5.41, 5.74) is 3.15. The molecule has 0 aliphatic heterocycles. The fraction of sp³-hybridized carbons (Fsp3) is 0.130. The topological polar surface area (TPSA) is 103 Å². The Balaban J connectivity index is 1.74. The van der Waals surface area contributed by atoms with E-state index in [0.29, 0.717) is 28.2 Å². The van der Waals surface area contributed by atoms with Crippen LogP contribution in [0.5, 0.6) is 0 Å². The molecule has 3 rings (SSSR count). The van der Waals surface area contributed by atoms with Gasteiger partial charge in [0.15, 0.2) is 0 Å². The number of pyridine rings is 1. The number of aromatic nitrogens is 1. The van der Waals surface area contributed by atoms with Gasteiger partial charge < -0.3 is 20.9 Å². The van der Waals surface area contributed by atoms with Crippen molar-refractivity contribution in [3.63, 3.8) is 0 Å². The van der Waals surface area contributed by atoms with Crippen LogP contribution in [0.25, 0.3) is 0 Å². The number of benzene rings is 2. The number of anilines is 3. The van der Waals surface area contributed by atoms with Crippen LogP contribution in [-0.4, -0.2) is 41.8 Å². The minimum Gasteiger partial charge on any atom is -0.331 e. The monoisotopic (exact) mass is 417 g/mol. The first-order valence-electron chi connectivity index (χ1n) is 9.55. The average molecular weight is 417 g/mol. The lowest BCUT2D eigenvalue weighted by molar-refractivity contribution is 0.101. The van der Waals surface area contributed by atoms with Crippen LogP contribution in [0.4, 0.5) is 21.9 Å². The third-order valence-electron chi connectivity index (χ3n) is 4.44. The fourth-order valence-corrected chi connectivity index (χ4v) is 2.76. The molecule has 0 radical (unpaired) electrons. The van der Waals surface area contributed by atoms with Gasteiger partial charge in [-0.05, 0) is 55.0 Å². The number of aryl methyl sites for hydroxylation is 1. The summed E-state index contributed by atoms with van der Waals surface area (Å²) in [5.74, 6) is -0.654. The Morgan fingerprint density at radius 1 is 0.806 bits per heavy atom. The van der Waals surface area contributed by atoms with Crippen molar-refractivity contribution in [1.29, 1.82) is 0 Å². The van der Waals surface area contributed by atoms with Gasteiger partial charge in [-0.15, -0.1) is 0 Å². The molecular formula is C23H23N5O3. The highest BCUT2D eigenvalue weighted by molar-refractivity contribution is 6.08. The minimum atomic E-state index is -0.358. The molecule has 3 aromatic rings. The molecule has 0 bridgehead atoms. The van der Waals surface area contributed by atoms with Gasteiger partial charge in [-0.2, -0.15) is 0 Å². The summed E-state index contributed by atoms with van der Waals surface area (Å²) in [7, 11) is 3.26. The maximum Gasteiger partial charge on any atom is 0.321 e. The van der Waals surface area contributed by atoms with Crippen molar-refractivity contribution < 1.29 is 14.4 Å². The Morgan fingerprint density at radius 3 is 2.23 bits per heavy atom. The molecule has 1 heterocycles. The van der Waals surface area contributed by atoms with Crippen molar-refractivity contribution in [2.45, 2.75) is 6.92 Å². The van der Waals surface area contributed by atoms with E-state index in [-0.39, 0.29) is 17.8 Å². The van der Waals surface area contributed by atoms with Crippen LogP contribution in [0.15, 0.2) is 67.0 Å². The lowest BCUT2D eigenvalue weighted by atomic mass is 10.1. The Bertz CT molecular complexity index is 1110. The number of rotatable bonds is 5. The summed E-state index contributed by atoms with van der Waals surface area (Å²) in [6, 6.07) is 14.9. The number of hydrogen-bond acceptors (Lipinski definition) is 4. The van der Waals surface area contributed by atoms with E-state index in [1.807, 2.05) is 6.92 Å². The van der Waals surface area contributed by atoms with E-state index >= 15 is 0 Å². The molecule has 2 aromatic carbocycles. The molecule has 0 saturated heterocycles. The molecule has 0 aliphatic rings. The Labute approximate surface area is 180 Å². The van der Waals surface area contributed by atoms with Gasteiger partial charge >= 0.3 is 6.03 Å². The fourth-order valence-electron chi connectivity index (χ4n) is 2.76. The van der Waals surface area contributed by atoms with E-state index in [4.69, 9.17) is 0 Å². The van der Waals surface area contributed by atoms with E-state index in [2.05, 4.69) is 20.9 Å². The quantitative estimate of drug-likeness (QED) is 0.584. The van der Waals surface area contributed by atoms with Crippen molar-refractivity contribution in [3.8, 4) is 0 Å². The number of nitrogens with zero attached hydrogens (tertiary/aromatic N) is 2. The molecule has 0 atom stereocenters. The second-order valence-corrected chi connectivity index (χ2v) is 7.09. The molecule has 158 valence electrons. The smallest absolute Gasteiger partial charge is 0.321 e. The largest absolute Gasteiger partial charge is 0.331 e. The zero-order chi connectivity index (χ0) is 22.4. The van der Waals surface area contributed by atoms with Crippen molar-refractivity contribution in [2.75, 3.05) is 30.0 Å². The summed E-state index contributed by atoms with van der Waals surface area (Å²) in [4.78, 5) is 42.5. The lowest BCUT2D eigenvalue weighted by Gasteiger charge is -2.13. The zero-order valence-corrected chi connectivity index (χ0v) is 17.5. The van der Waals surface area contributed by atoms with Gasteiger partial charge in [0.05, 0.1) is 11.9 Å². The third-order valence-corrected chi connectivity index (χ3v) is 4.44. The van der Waals surface area contributed by atoms with Crippen molar-refractivity contribution >= 4 is 34.9 Å². The number of nitrogens with one attached hydrogen (secondary N) is 3. The average Bonchev–Trinajstić information content (AvgIpc) is 2.75. The molecule has 8 heteroatoms. The molecule has 0 saturated carbocycles. The van der Waals surface area contributed by atoms with E-state index in [9.17, 15) is 14.4 Å². The number of carbonyl (C=O) groups excluding carboxylic acids is 3. The van der Waals surface area contributed by atoms with Crippen LogP contribution in [-0.2, 0) is 0 Å². The molecule has 0 unspecified atom stereocenters. The van der Waals surface area contributed by atoms with Gasteiger partial charge in [0.25, 0.3) is 11.8 Å². The normalized spacial score (nSPS) is 10.2. The van der Waals surface area contributed by atoms with Gasteiger partial charge in [0.1, 0.15) is 0 Å². The van der Waals surface area contributed by atoms with E-state index in [0.717, 1.165) is 5.56 Å². The highest BCUT2D eigenvalue weighted by Gasteiger charge is 2.13. The van der Waals surface area contributed by atoms with Gasteiger partial charge in [0, 0.05) is 42.8 Å². The predicted octanol–water partition coefficient (Wildman–Crippen LogP) is 3.99. The summed E-state index contributed by atoms with van der Waals surface area (Å²) in [6.07, 6.45) is 3.18. The lowest BCUT2D eigenvalue weighted by Crippen LogP contribution is -2.27. The molecule has 0 aliphatic carbocycles. The molecule has 3 N–H and O–H groups in total. The Kier molecular flexibility index (Phi) is 6.61. The number of carbonyl (C=O) groups is 3. The van der Waals surface area contributed by atoms with Crippen LogP contribution in [0.3, 0.4) is 0 Å². The van der Waals surface area contributed by atoms with Crippen LogP contribution in [0.1, 0.15) is 26.3 Å². The molecule has 0 fully saturated rings. The van der Waals surface area contributed by atoms with Crippen LogP contribution in [0, 0.1) is 6.92 Å². The standard InChI is InChI=1S/C23H23N5O3/c1-15-9-10-18(13-20(15)22(30)26-19-8-5-11-24-14-19)25-21(29)16-6-4-7-17(12-16)27-23(31)28(2)3/h4-14H,1-3H3,(H,25,29)(H,26,30)(H,27,31). The summed E-state index contributed by atoms with van der Waals surface area (Å²) >= 11 is 0. The molecular weight excluding hydrogens is 394 g/mol. The first-order chi connectivity index (χ1) is 14.8. The molecule has 4 amide bonds. The Morgan fingerprint density at radius 2 is 1.52 bits per heavy atom. The SMILES string of the molecule is Cc1ccc(NC(=O)c2cccc(NC(=O)N(C)C)c2)cc1C(=O)Nc1cccnc1. The van der Waals surface area contributed by atoms with E-state index < -0.39 is 0 Å². The predicted molar refractivity (Wildman–Crippen MR) is 120 cm³/mol. The first kappa shape index (κ1) is 21.5. The van der Waals surface area contributed by atoms with Crippen LogP contribution >= 0.6 is 0 Å². The molecule has 0 spiro atoms. The maximum absolute atomic E-state index is 12.7. The summed E-state index contributed by atoms with van der Waals surface area (Å²) < 4.78 is 0. The van der Waals surface area contributed by atoms with E-state index in [1.165, 1.54) is 4.90 Å². The minimum absolute atomic E-state index is 0.291. The van der Waals surface area contributed by atoms with Crippen LogP contribution < -0.4 is 16.0 Å². The van der Waals surface area contributed by atoms with Crippen molar-refractivity contribution in [2.24, 2.45) is 0 Å². The summed E-state index contributed by atoms with van der Waals surface area (Å²) in [5, 5.41) is 8.29. The maximum atomic E-state index is 12.7. The second kappa shape index (κ2) is 9.53. The van der Waals surface area contributed by atoms with Crippen LogP contribution in [0.2, 0.25) is 0 Å². The van der Waals surface area contributed by atoms with E-state index in [1.54, 1.807) is 81.1 Å². The van der Waals surface area contributed by atoms with Crippen molar-refractivity contribution in [1.82, 2.24) is 9.88 Å². The summed E-state index contributed by atoms with van der Waals surface area (Å²) in [6.45, 7) is 1.82. The van der Waals surface area contributed by atoms with Gasteiger partial charge in [0.2, 0.25) is 0 Å². The number of amides is 4. The third kappa shape index (κ3) is 5.66. The molecule has 8 nitrogen and oxygen atoms in total. The molecule has 1 aromatic heterocycles. The highest BCUT2D eigenvalue weighted by atomic mass is 16.2. The zero-order valence-electron chi connectivity index (χ0n) is 17.5. The first-order valence-corrected chi connectivity index (χ1v) is 9.55. The number of hydrogen-bond donors (Lipinski definition) is 3. The highest BCUT2D eigenvalue weighted by Crippen LogP contribution is 2.19. The van der Waals surface area contributed by atoms with Crippen molar-refractivity contribution in [3.05, 3.63) is 83.7 Å². The van der Waals surface area contributed by atoms with Gasteiger partial charge in [-0.25, -0.2) is 4.79 Å². The van der Waals surface area contributed by atoms with Gasteiger partial charge in [-0.1, -0.05) is 12.1 Å². The molecule has 31 heavy (non-hydrogen) atoms. The second-order valence-electron chi connectivity index (χ2n) is 7.09. The van der Waals surface area contributed by atoms with Gasteiger partial charge in [-0.3, -0.25) is 14.6 Å².